The van der Waals surface area contributed by atoms with Crippen LogP contribution in [0, 0.1) is 11.3 Å². The van der Waals surface area contributed by atoms with Crippen molar-refractivity contribution in [3.05, 3.63) is 53.1 Å². The number of hydrogen-bond acceptors (Lipinski definition) is 3. The maximum atomic E-state index is 8.98. The minimum absolute atomic E-state index is 0.547. The molecule has 0 bridgehead atoms. The van der Waals surface area contributed by atoms with E-state index in [2.05, 4.69) is 11.4 Å². The molecule has 2 aromatic carbocycles. The normalized spacial score (nSPS) is 9.65. The number of hydrogen-bond donors (Lipinski definition) is 2. The molecular weight excluding hydrogens is 234 g/mol. The van der Waals surface area contributed by atoms with Crippen LogP contribution in [0.3, 0.4) is 0 Å². The van der Waals surface area contributed by atoms with Crippen LogP contribution < -0.4 is 11.1 Å². The second-order valence-corrected chi connectivity index (χ2v) is 3.99. The lowest BCUT2D eigenvalue weighted by Gasteiger charge is -2.08. The summed E-state index contributed by atoms with van der Waals surface area (Å²) in [6.45, 7) is 0. The number of anilines is 3. The third kappa shape index (κ3) is 2.68. The van der Waals surface area contributed by atoms with Gasteiger partial charge in [0.25, 0.3) is 0 Å². The SMILES string of the molecule is N#Cc1ccc(Cl)cc1Nc1ccc(N)cc1. The van der Waals surface area contributed by atoms with Crippen LogP contribution >= 0.6 is 11.6 Å². The van der Waals surface area contributed by atoms with Crippen molar-refractivity contribution in [1.29, 1.82) is 5.26 Å². The molecule has 2 rings (SSSR count). The van der Waals surface area contributed by atoms with Crippen LogP contribution in [0.15, 0.2) is 42.5 Å². The van der Waals surface area contributed by atoms with Crippen LogP contribution in [-0.2, 0) is 0 Å². The Balaban J connectivity index is 2.32. The number of nitrogens with one attached hydrogen (secondary N) is 1. The van der Waals surface area contributed by atoms with Crippen LogP contribution in [-0.4, -0.2) is 0 Å². The van der Waals surface area contributed by atoms with Gasteiger partial charge in [0, 0.05) is 16.4 Å². The van der Waals surface area contributed by atoms with E-state index in [1.54, 1.807) is 30.3 Å². The molecule has 0 heterocycles. The number of halogens is 1. The Hall–Kier alpha value is -2.18. The minimum Gasteiger partial charge on any atom is -0.399 e. The van der Waals surface area contributed by atoms with Crippen LogP contribution in [0.5, 0.6) is 0 Å². The van der Waals surface area contributed by atoms with Crippen LogP contribution in [0.2, 0.25) is 5.02 Å². The topological polar surface area (TPSA) is 61.8 Å². The predicted molar refractivity (Wildman–Crippen MR) is 70.3 cm³/mol. The van der Waals surface area contributed by atoms with Crippen molar-refractivity contribution in [2.45, 2.75) is 0 Å². The lowest BCUT2D eigenvalue weighted by molar-refractivity contribution is 1.46. The highest BCUT2D eigenvalue weighted by atomic mass is 35.5. The summed E-state index contributed by atoms with van der Waals surface area (Å²) in [6, 6.07) is 14.5. The molecule has 2 aromatic rings. The van der Waals surface area contributed by atoms with E-state index in [4.69, 9.17) is 22.6 Å². The number of nitriles is 1. The van der Waals surface area contributed by atoms with Crippen molar-refractivity contribution < 1.29 is 0 Å². The van der Waals surface area contributed by atoms with E-state index in [0.717, 1.165) is 5.69 Å². The van der Waals surface area contributed by atoms with Gasteiger partial charge in [-0.15, -0.1) is 0 Å². The number of nitrogens with zero attached hydrogens (tertiary/aromatic N) is 1. The minimum atomic E-state index is 0.547. The summed E-state index contributed by atoms with van der Waals surface area (Å²) in [5, 5.41) is 12.7. The van der Waals surface area contributed by atoms with Crippen molar-refractivity contribution in [2.24, 2.45) is 0 Å². The van der Waals surface area contributed by atoms with Gasteiger partial charge in [0.2, 0.25) is 0 Å². The Morgan fingerprint density at radius 1 is 1.12 bits per heavy atom. The number of nitrogen functional groups attached to an aromatic ring is 1. The van der Waals surface area contributed by atoms with Crippen molar-refractivity contribution in [3.8, 4) is 6.07 Å². The van der Waals surface area contributed by atoms with Crippen molar-refractivity contribution in [1.82, 2.24) is 0 Å². The van der Waals surface area contributed by atoms with Gasteiger partial charge in [0.15, 0.2) is 0 Å². The quantitative estimate of drug-likeness (QED) is 0.793. The maximum absolute atomic E-state index is 8.98. The van der Waals surface area contributed by atoms with E-state index in [0.29, 0.717) is 22.0 Å². The predicted octanol–water partition coefficient (Wildman–Crippen LogP) is 3.54. The summed E-state index contributed by atoms with van der Waals surface area (Å²) in [6.07, 6.45) is 0. The Kier molecular flexibility index (Phi) is 3.17. The smallest absolute Gasteiger partial charge is 0.101 e. The Labute approximate surface area is 104 Å². The van der Waals surface area contributed by atoms with E-state index in [1.165, 1.54) is 0 Å². The monoisotopic (exact) mass is 243 g/mol. The third-order valence-corrected chi connectivity index (χ3v) is 2.53. The molecule has 84 valence electrons. The lowest BCUT2D eigenvalue weighted by atomic mass is 10.2. The molecule has 0 aliphatic heterocycles. The van der Waals surface area contributed by atoms with Crippen LogP contribution in [0.4, 0.5) is 17.1 Å². The number of benzene rings is 2. The van der Waals surface area contributed by atoms with E-state index in [1.807, 2.05) is 12.1 Å². The fourth-order valence-corrected chi connectivity index (χ4v) is 1.61. The Morgan fingerprint density at radius 2 is 1.82 bits per heavy atom. The molecule has 0 aromatic heterocycles. The van der Waals surface area contributed by atoms with Gasteiger partial charge in [-0.1, -0.05) is 11.6 Å². The Morgan fingerprint density at radius 3 is 2.47 bits per heavy atom. The molecule has 0 unspecified atom stereocenters. The zero-order chi connectivity index (χ0) is 12.3. The number of nitrogens with two attached hydrogens (primary N) is 1. The second-order valence-electron chi connectivity index (χ2n) is 3.55. The second kappa shape index (κ2) is 4.77. The van der Waals surface area contributed by atoms with Gasteiger partial charge in [-0.25, -0.2) is 0 Å². The largest absolute Gasteiger partial charge is 0.399 e. The Bertz CT molecular complexity index is 570. The molecule has 0 atom stereocenters. The van der Waals surface area contributed by atoms with Crippen LogP contribution in [0.25, 0.3) is 0 Å². The van der Waals surface area contributed by atoms with Gasteiger partial charge in [-0.3, -0.25) is 0 Å². The molecule has 0 amide bonds. The first-order valence-corrected chi connectivity index (χ1v) is 5.39. The van der Waals surface area contributed by atoms with Gasteiger partial charge in [0.1, 0.15) is 6.07 Å². The highest BCUT2D eigenvalue weighted by molar-refractivity contribution is 6.30. The molecule has 4 heteroatoms. The van der Waals surface area contributed by atoms with E-state index in [-0.39, 0.29) is 0 Å². The average molecular weight is 244 g/mol. The van der Waals surface area contributed by atoms with E-state index >= 15 is 0 Å². The van der Waals surface area contributed by atoms with Gasteiger partial charge in [0.05, 0.1) is 11.3 Å². The van der Waals surface area contributed by atoms with Crippen LogP contribution in [0.1, 0.15) is 5.56 Å². The molecule has 0 aliphatic carbocycles. The molecule has 0 spiro atoms. The molecule has 0 saturated carbocycles. The summed E-state index contributed by atoms with van der Waals surface area (Å²) in [7, 11) is 0. The molecule has 0 aliphatic rings. The standard InChI is InChI=1S/C13H10ClN3/c14-10-2-1-9(8-15)13(7-10)17-12-5-3-11(16)4-6-12/h1-7,17H,16H2. The molecule has 3 N–H and O–H groups in total. The average Bonchev–Trinajstić information content (AvgIpc) is 2.32. The van der Waals surface area contributed by atoms with Gasteiger partial charge >= 0.3 is 0 Å². The van der Waals surface area contributed by atoms with Crippen molar-refractivity contribution in [3.63, 3.8) is 0 Å². The number of rotatable bonds is 2. The maximum Gasteiger partial charge on any atom is 0.101 e. The fraction of sp³-hybridized carbons (Fsp3) is 0. The highest BCUT2D eigenvalue weighted by Crippen LogP contribution is 2.24. The molecule has 17 heavy (non-hydrogen) atoms. The molecule has 0 saturated heterocycles. The summed E-state index contributed by atoms with van der Waals surface area (Å²) in [5.74, 6) is 0. The first kappa shape index (κ1) is 11.3. The summed E-state index contributed by atoms with van der Waals surface area (Å²) >= 11 is 5.90. The third-order valence-electron chi connectivity index (χ3n) is 2.29. The van der Waals surface area contributed by atoms with Gasteiger partial charge < -0.3 is 11.1 Å². The zero-order valence-corrected chi connectivity index (χ0v) is 9.70. The first-order valence-electron chi connectivity index (χ1n) is 5.01. The summed E-state index contributed by atoms with van der Waals surface area (Å²) < 4.78 is 0. The summed E-state index contributed by atoms with van der Waals surface area (Å²) in [4.78, 5) is 0. The fourth-order valence-electron chi connectivity index (χ4n) is 1.44. The molecule has 0 radical (unpaired) electrons. The van der Waals surface area contributed by atoms with E-state index in [9.17, 15) is 0 Å². The lowest BCUT2D eigenvalue weighted by Crippen LogP contribution is -1.94. The molecular formula is C13H10ClN3. The van der Waals surface area contributed by atoms with Gasteiger partial charge in [-0.2, -0.15) is 5.26 Å². The van der Waals surface area contributed by atoms with Crippen molar-refractivity contribution in [2.75, 3.05) is 11.1 Å². The summed E-state index contributed by atoms with van der Waals surface area (Å²) in [5.41, 5.74) is 8.39. The molecule has 0 fully saturated rings. The highest BCUT2D eigenvalue weighted by Gasteiger charge is 2.03. The van der Waals surface area contributed by atoms with E-state index < -0.39 is 0 Å². The van der Waals surface area contributed by atoms with Crippen molar-refractivity contribution >= 4 is 28.7 Å². The van der Waals surface area contributed by atoms with Gasteiger partial charge in [-0.05, 0) is 42.5 Å². The zero-order valence-electron chi connectivity index (χ0n) is 8.94. The molecule has 3 nitrogen and oxygen atoms in total. The first-order chi connectivity index (χ1) is 8.19.